The average Bonchev–Trinajstić information content (AvgIpc) is 2.09. The number of hydrogen-bond acceptors (Lipinski definition) is 1. The Balaban J connectivity index is 3.04. The van der Waals surface area contributed by atoms with E-state index in [1.807, 2.05) is 0 Å². The zero-order valence-electron chi connectivity index (χ0n) is 7.13. The summed E-state index contributed by atoms with van der Waals surface area (Å²) in [5.41, 5.74) is 0.213. The second kappa shape index (κ2) is 4.23. The second-order valence-electron chi connectivity index (χ2n) is 2.45. The molecule has 1 amide bonds. The van der Waals surface area contributed by atoms with Crippen molar-refractivity contribution in [1.29, 1.82) is 0 Å². The summed E-state index contributed by atoms with van der Waals surface area (Å²) in [5.74, 6) is -0.446. The predicted molar refractivity (Wildman–Crippen MR) is 50.7 cm³/mol. The lowest BCUT2D eigenvalue weighted by Gasteiger charge is -2.17. The highest BCUT2D eigenvalue weighted by molar-refractivity contribution is 6.66. The smallest absolute Gasteiger partial charge is 0.296 e. The molecule has 1 aromatic rings. The fraction of sp³-hybridized carbons (Fsp3) is 0.222. The summed E-state index contributed by atoms with van der Waals surface area (Å²) in [5, 5.41) is -0.674. The van der Waals surface area contributed by atoms with Gasteiger partial charge in [0.2, 0.25) is 0 Å². The maximum Gasteiger partial charge on any atom is 0.320 e. The van der Waals surface area contributed by atoms with Crippen molar-refractivity contribution >= 4 is 22.7 Å². The molecule has 0 spiro atoms. The molecule has 0 aromatic heterocycles. The number of amides is 1. The number of para-hydroxylation sites is 1. The lowest BCUT2D eigenvalue weighted by Crippen LogP contribution is -2.25. The molecular formula is C9H9ClFNO. The van der Waals surface area contributed by atoms with Gasteiger partial charge < -0.3 is 0 Å². The molecule has 1 rings (SSSR count). The van der Waals surface area contributed by atoms with Crippen molar-refractivity contribution < 1.29 is 9.18 Å². The number of hydrogen-bond donors (Lipinski definition) is 0. The maximum atomic E-state index is 13.1. The third-order valence-electron chi connectivity index (χ3n) is 1.67. The zero-order valence-corrected chi connectivity index (χ0v) is 7.88. The summed E-state index contributed by atoms with van der Waals surface area (Å²) in [6.07, 6.45) is 0. The first-order chi connectivity index (χ1) is 6.16. The molecule has 2 nitrogen and oxygen atoms in total. The SMILES string of the molecule is CCN(C(=O)Cl)c1ccccc1F. The van der Waals surface area contributed by atoms with Crippen LogP contribution in [-0.4, -0.2) is 11.9 Å². The van der Waals surface area contributed by atoms with Crippen molar-refractivity contribution in [3.8, 4) is 0 Å². The van der Waals surface area contributed by atoms with Crippen molar-refractivity contribution in [2.45, 2.75) is 6.92 Å². The maximum absolute atomic E-state index is 13.1. The first kappa shape index (κ1) is 9.99. The van der Waals surface area contributed by atoms with E-state index < -0.39 is 11.2 Å². The third-order valence-corrected chi connectivity index (χ3v) is 1.88. The quantitative estimate of drug-likeness (QED) is 0.532. The van der Waals surface area contributed by atoms with Gasteiger partial charge in [0.25, 0.3) is 0 Å². The van der Waals surface area contributed by atoms with Gasteiger partial charge >= 0.3 is 5.37 Å². The van der Waals surface area contributed by atoms with E-state index in [-0.39, 0.29) is 5.69 Å². The van der Waals surface area contributed by atoms with E-state index in [4.69, 9.17) is 11.6 Å². The molecule has 0 aliphatic rings. The van der Waals surface area contributed by atoms with E-state index in [1.54, 1.807) is 19.1 Å². The Morgan fingerprint density at radius 2 is 2.15 bits per heavy atom. The summed E-state index contributed by atoms with van der Waals surface area (Å²) in [4.78, 5) is 12.0. The van der Waals surface area contributed by atoms with Gasteiger partial charge in [0, 0.05) is 6.54 Å². The van der Waals surface area contributed by atoms with Gasteiger partial charge in [-0.2, -0.15) is 0 Å². The summed E-state index contributed by atoms with van der Waals surface area (Å²) in [6.45, 7) is 2.08. The molecule has 70 valence electrons. The van der Waals surface area contributed by atoms with Gasteiger partial charge in [-0.25, -0.2) is 4.39 Å². The van der Waals surface area contributed by atoms with Gasteiger partial charge in [0.1, 0.15) is 5.82 Å². The molecule has 0 unspecified atom stereocenters. The van der Waals surface area contributed by atoms with Gasteiger partial charge in [-0.15, -0.1) is 0 Å². The highest BCUT2D eigenvalue weighted by Gasteiger charge is 2.13. The van der Waals surface area contributed by atoms with Crippen molar-refractivity contribution in [2.24, 2.45) is 0 Å². The number of benzene rings is 1. The fourth-order valence-corrected chi connectivity index (χ4v) is 1.27. The monoisotopic (exact) mass is 201 g/mol. The zero-order chi connectivity index (χ0) is 9.84. The largest absolute Gasteiger partial charge is 0.320 e. The Morgan fingerprint density at radius 1 is 1.54 bits per heavy atom. The Labute approximate surface area is 80.9 Å². The molecular weight excluding hydrogens is 193 g/mol. The standard InChI is InChI=1S/C9H9ClFNO/c1-2-12(9(10)13)8-6-4-3-5-7(8)11/h3-6H,2H2,1H3. The van der Waals surface area contributed by atoms with Crippen LogP contribution >= 0.6 is 11.6 Å². The highest BCUT2D eigenvalue weighted by atomic mass is 35.5. The molecule has 0 heterocycles. The molecule has 0 saturated carbocycles. The Morgan fingerprint density at radius 3 is 2.62 bits per heavy atom. The van der Waals surface area contributed by atoms with Gasteiger partial charge in [-0.05, 0) is 30.7 Å². The molecule has 0 bridgehead atoms. The lowest BCUT2D eigenvalue weighted by atomic mass is 10.3. The van der Waals surface area contributed by atoms with Crippen molar-refractivity contribution in [2.75, 3.05) is 11.4 Å². The number of anilines is 1. The van der Waals surface area contributed by atoms with Gasteiger partial charge in [0.15, 0.2) is 0 Å². The molecule has 0 atom stereocenters. The minimum atomic E-state index is -0.674. The van der Waals surface area contributed by atoms with E-state index in [0.29, 0.717) is 6.54 Å². The van der Waals surface area contributed by atoms with E-state index in [1.165, 1.54) is 12.1 Å². The van der Waals surface area contributed by atoms with Crippen LogP contribution in [0.2, 0.25) is 0 Å². The first-order valence-electron chi connectivity index (χ1n) is 3.88. The minimum Gasteiger partial charge on any atom is -0.296 e. The van der Waals surface area contributed by atoms with Crippen LogP contribution in [0, 0.1) is 5.82 Å². The number of halogens is 2. The van der Waals surface area contributed by atoms with Gasteiger partial charge in [0.05, 0.1) is 5.69 Å². The molecule has 0 fully saturated rings. The van der Waals surface area contributed by atoms with Crippen LogP contribution in [0.1, 0.15) is 6.92 Å². The summed E-state index contributed by atoms with van der Waals surface area (Å²) in [6, 6.07) is 6.02. The van der Waals surface area contributed by atoms with Crippen molar-refractivity contribution in [3.63, 3.8) is 0 Å². The minimum absolute atomic E-state index is 0.213. The normalized spacial score (nSPS) is 9.77. The molecule has 0 aliphatic carbocycles. The summed E-state index contributed by atoms with van der Waals surface area (Å²) >= 11 is 5.27. The van der Waals surface area contributed by atoms with E-state index >= 15 is 0 Å². The van der Waals surface area contributed by atoms with E-state index in [0.717, 1.165) is 4.90 Å². The van der Waals surface area contributed by atoms with Gasteiger partial charge in [-0.3, -0.25) is 9.69 Å². The average molecular weight is 202 g/mol. The Kier molecular flexibility index (Phi) is 3.25. The number of carbonyl (C=O) groups excluding carboxylic acids is 1. The molecule has 0 N–H and O–H groups in total. The second-order valence-corrected chi connectivity index (χ2v) is 2.77. The van der Waals surface area contributed by atoms with Crippen LogP contribution < -0.4 is 4.90 Å². The van der Waals surface area contributed by atoms with Gasteiger partial charge in [-0.1, -0.05) is 12.1 Å². The van der Waals surface area contributed by atoms with Crippen LogP contribution in [-0.2, 0) is 0 Å². The van der Waals surface area contributed by atoms with E-state index in [2.05, 4.69) is 0 Å². The first-order valence-corrected chi connectivity index (χ1v) is 4.26. The van der Waals surface area contributed by atoms with Crippen molar-refractivity contribution in [3.05, 3.63) is 30.1 Å². The highest BCUT2D eigenvalue weighted by Crippen LogP contribution is 2.19. The van der Waals surface area contributed by atoms with Crippen LogP contribution in [0.25, 0.3) is 0 Å². The molecule has 0 saturated heterocycles. The molecule has 13 heavy (non-hydrogen) atoms. The molecule has 4 heteroatoms. The van der Waals surface area contributed by atoms with Crippen LogP contribution in [0.5, 0.6) is 0 Å². The molecule has 0 radical (unpaired) electrons. The molecule has 1 aromatic carbocycles. The Bertz CT molecular complexity index is 316. The molecule has 0 aliphatic heterocycles. The summed E-state index contributed by atoms with van der Waals surface area (Å²) in [7, 11) is 0. The number of carbonyl (C=O) groups is 1. The third kappa shape index (κ3) is 2.18. The Hall–Kier alpha value is -1.09. The predicted octanol–water partition coefficient (Wildman–Crippen LogP) is 3.01. The topological polar surface area (TPSA) is 20.3 Å². The number of rotatable bonds is 2. The van der Waals surface area contributed by atoms with E-state index in [9.17, 15) is 9.18 Å². The van der Waals surface area contributed by atoms with Crippen molar-refractivity contribution in [1.82, 2.24) is 0 Å². The van der Waals surface area contributed by atoms with Crippen LogP contribution in [0.4, 0.5) is 14.9 Å². The van der Waals surface area contributed by atoms with Crippen LogP contribution in [0.3, 0.4) is 0 Å². The lowest BCUT2D eigenvalue weighted by molar-refractivity contribution is 0.264. The summed E-state index contributed by atoms with van der Waals surface area (Å²) < 4.78 is 13.1. The van der Waals surface area contributed by atoms with Crippen LogP contribution in [0.15, 0.2) is 24.3 Å². The number of nitrogens with zero attached hydrogens (tertiary/aromatic N) is 1. The fourth-order valence-electron chi connectivity index (χ4n) is 1.06.